The summed E-state index contributed by atoms with van der Waals surface area (Å²) in [5.74, 6) is 5.32. The Morgan fingerprint density at radius 2 is 0.986 bits per heavy atom. The molecule has 0 saturated carbocycles. The Hall–Kier alpha value is -9.85. The van der Waals surface area contributed by atoms with Gasteiger partial charge < -0.3 is 14.2 Å². The largest absolute Gasteiger partial charge is 0.496 e. The van der Waals surface area contributed by atoms with Crippen LogP contribution in [0.5, 0.6) is 11.6 Å². The van der Waals surface area contributed by atoms with Crippen LogP contribution in [0.15, 0.2) is 238 Å². The normalized spacial score (nSPS) is 10.8. The van der Waals surface area contributed by atoms with Gasteiger partial charge in [0, 0.05) is 123 Å². The van der Waals surface area contributed by atoms with E-state index in [1.165, 1.54) is 52.5 Å². The van der Waals surface area contributed by atoms with E-state index in [9.17, 15) is 47.9 Å². The Morgan fingerprint density at radius 3 is 1.51 bits per heavy atom. The third-order valence-corrected chi connectivity index (χ3v) is 27.4. The predicted molar refractivity (Wildman–Crippen MR) is 617 cm³/mol. The Bertz CT molecular complexity index is 6430. The fourth-order valence-electron chi connectivity index (χ4n) is 13.6. The maximum Gasteiger partial charge on any atom is 0.341 e. The molecule has 1 aliphatic rings. The minimum atomic E-state index is -0.471. The number of rotatable bonds is 36. The lowest BCUT2D eigenvalue weighted by molar-refractivity contribution is -0.118. The number of nitrogens with zero attached hydrogens (tertiary/aromatic N) is 11. The highest BCUT2D eigenvalue weighted by Crippen LogP contribution is 2.47. The number of esters is 1. The molecule has 8 aromatic carbocycles. The first-order valence-corrected chi connectivity index (χ1v) is 54.6. The van der Waals surface area contributed by atoms with E-state index in [0.29, 0.717) is 82.8 Å². The highest BCUT2D eigenvalue weighted by molar-refractivity contribution is 9.10. The molecule has 0 aliphatic heterocycles. The molecule has 0 spiro atoms. The number of benzene rings is 8. The number of ether oxygens (including phenoxy) is 3. The van der Waals surface area contributed by atoms with Crippen molar-refractivity contribution in [3.63, 3.8) is 0 Å². The number of carbonyl (C=O) groups is 10. The second kappa shape index (κ2) is 69.4. The number of aromatic nitrogens is 9. The Balaban J connectivity index is 0.000000291. The number of hydrogen-bond donors (Lipinski definition) is 9. The molecule has 0 fully saturated rings. The van der Waals surface area contributed by atoms with Crippen molar-refractivity contribution in [2.75, 3.05) is 78.4 Å². The van der Waals surface area contributed by atoms with Gasteiger partial charge >= 0.3 is 5.97 Å². The SMILES string of the molecule is C.CCOC(=O)c1cnn(-c2ccccc2)c1CC(=O)CS.CCSc1nnc(CC(=O)CS)s1.COc1cc(C)nc(CC(=O)CS)n1.COc1ccc(-c2ccccc2)cc1CC(=O)CS.Cc1cnc(CC(=O)CS)s1.N#Cc1cc(Br)ccc1CC(=O)CS.N#Cc1ccc(CC(=O)CS)cc1Cl.O=C(CS)CC1(c2ccccc2)c2ccccc2CCc2ccccc21.O=C(CS)Cc1ncc(Br)cn1. The van der Waals surface area contributed by atoms with Crippen molar-refractivity contribution in [2.45, 2.75) is 116 Å². The van der Waals surface area contributed by atoms with E-state index >= 15 is 0 Å². The smallest absolute Gasteiger partial charge is 0.341 e. The van der Waals surface area contributed by atoms with Crippen LogP contribution >= 0.6 is 192 Å². The number of thioether (sulfide) groups is 1. The van der Waals surface area contributed by atoms with Crippen LogP contribution in [0.1, 0.15) is 132 Å². The molecule has 5 heterocycles. The van der Waals surface area contributed by atoms with Gasteiger partial charge in [0.05, 0.1) is 103 Å². The van der Waals surface area contributed by atoms with Crippen LogP contribution in [0.3, 0.4) is 0 Å². The summed E-state index contributed by atoms with van der Waals surface area (Å²) in [6.07, 6.45) is 11.2. The molecule has 14 rings (SSSR count). The Morgan fingerprint density at radius 1 is 0.476 bits per heavy atom. The quantitative estimate of drug-likeness (QED) is 0.0100. The van der Waals surface area contributed by atoms with Crippen LogP contribution in [0.25, 0.3) is 16.8 Å². The van der Waals surface area contributed by atoms with E-state index in [4.69, 9.17) is 36.3 Å². The van der Waals surface area contributed by atoms with Gasteiger partial charge in [0.15, 0.2) is 4.34 Å². The summed E-state index contributed by atoms with van der Waals surface area (Å²) in [7, 11) is 3.15. The molecule has 1 aliphatic carbocycles. The summed E-state index contributed by atoms with van der Waals surface area (Å²) in [6.45, 7) is 7.88. The first-order chi connectivity index (χ1) is 69.3. The number of thiazole rings is 1. The number of aryl methyl sites for hydroxylation is 4. The number of carbonyl (C=O) groups excluding carboxylic acids is 10. The van der Waals surface area contributed by atoms with Crippen molar-refractivity contribution < 1.29 is 62.2 Å². The van der Waals surface area contributed by atoms with Gasteiger partial charge in [0.1, 0.15) is 91.1 Å². The van der Waals surface area contributed by atoms with Gasteiger partial charge in [-0.05, 0) is 154 Å². The molecule has 0 unspecified atom stereocenters. The van der Waals surface area contributed by atoms with E-state index in [1.54, 1.807) is 96.8 Å². The van der Waals surface area contributed by atoms with E-state index < -0.39 is 11.4 Å². The number of nitriles is 2. The topological polar surface area (TPSA) is 354 Å². The zero-order valence-corrected chi connectivity index (χ0v) is 94.0. The number of ketones is 9. The van der Waals surface area contributed by atoms with Gasteiger partial charge in [-0.25, -0.2) is 29.4 Å². The fourth-order valence-corrected chi connectivity index (χ4v) is 18.0. The maximum absolute atomic E-state index is 12.7. The Labute approximate surface area is 930 Å². The third-order valence-electron chi connectivity index (χ3n) is 20.1. The number of fused-ring (bicyclic) bond motifs is 2. The molecule has 24 nitrogen and oxygen atoms in total. The average Bonchev–Trinajstić information content (AvgIpc) is 1.67. The zero-order valence-electron chi connectivity index (χ0n) is 79.5. The molecule has 0 saturated heterocycles. The van der Waals surface area contributed by atoms with Crippen molar-refractivity contribution in [1.82, 2.24) is 44.9 Å². The van der Waals surface area contributed by atoms with Crippen LogP contribution < -0.4 is 9.47 Å². The highest BCUT2D eigenvalue weighted by atomic mass is 79.9. The molecule has 0 atom stereocenters. The van der Waals surface area contributed by atoms with Gasteiger partial charge in [0.2, 0.25) is 5.88 Å². The van der Waals surface area contributed by atoms with Gasteiger partial charge in [-0.3, -0.25) is 43.2 Å². The first-order valence-electron chi connectivity index (χ1n) is 44.3. The van der Waals surface area contributed by atoms with Crippen molar-refractivity contribution in [3.8, 4) is 40.6 Å². The molecule has 762 valence electrons. The fraction of sp³-hybridized carbons (Fsp3) is 0.283. The standard InChI is InChI=1S/C24H22OS.C16H16O2S.C15H16N2O3S.C10H8BrNOS.C10H8ClNOS.C9H12N2O2S.C7H7BrN2OS.C7H10N2OS3.C7H9NOS2.CH4/c25-21(17-26)16-24(20-10-2-1-3-11-20)22-12-6-4-8-18(22)14-15-19-9-5-7-13-23(19)24;1-18-16-8-7-13(12-5-3-2-4-6-12)9-14(16)10-15(17)11-19;1-2-20-15(19)13-9-16-17(11-6-4-3-5-7-11)14(13)8-12(18)10-21;11-9-2-1-7(4-10(13)6-14)8(3-9)5-12;11-10-4-7(3-9(13)6-14)1-2-8(10)5-12;1-6-3-9(13-2)11-8(10-6)4-7(12)5-14;8-5-2-9-7(10-3-5)1-6(11)4-12;1-2-12-7-9-8-6(13-7)3-5(10)4-11;1-5-3-8-7(11-5)2-6(9)4-10;/h1-13,26H,14-17H2;2-9,19H,10-11H2,1H3;3-7,9,21H,2,8,10H2,1H3;1-3,14H,4,6H2;1-2,4,14H,3,6H2;3,14H,4-5H2,1-2H3;2-3,12H,1,4H2;11H,2-4H2,1H3;3,10H,2,4H2,1H3;1H4. The molecule has 0 amide bonds. The van der Waals surface area contributed by atoms with E-state index in [-0.39, 0.29) is 138 Å². The number of para-hydroxylation sites is 1. The highest BCUT2D eigenvalue weighted by Gasteiger charge is 2.42. The van der Waals surface area contributed by atoms with Crippen LogP contribution in [-0.2, 0) is 118 Å². The lowest BCUT2D eigenvalue weighted by Gasteiger charge is -2.37. The minimum absolute atomic E-state index is 0. The predicted octanol–water partition coefficient (Wildman–Crippen LogP) is 21.1. The Kier molecular flexibility index (Phi) is 60.1. The molecule has 0 radical (unpaired) electrons. The van der Waals surface area contributed by atoms with Crippen LogP contribution in [0.2, 0.25) is 5.02 Å². The van der Waals surface area contributed by atoms with Crippen molar-refractivity contribution in [3.05, 3.63) is 338 Å². The number of thiol groups is 9. The summed E-state index contributed by atoms with van der Waals surface area (Å²) in [6, 6.07) is 69.1. The van der Waals surface area contributed by atoms with Crippen LogP contribution in [0, 0.1) is 36.5 Å². The summed E-state index contributed by atoms with van der Waals surface area (Å²) < 4.78 is 19.5. The molecule has 5 aromatic heterocycles. The molecule has 13 aromatic rings. The first kappa shape index (κ1) is 126. The minimum Gasteiger partial charge on any atom is -0.496 e. The summed E-state index contributed by atoms with van der Waals surface area (Å²) in [4.78, 5) is 135. The number of Topliss-reactive ketones (excluding diaryl/α,β-unsaturated/α-hetero) is 9. The van der Waals surface area contributed by atoms with Crippen LogP contribution in [-0.4, -0.2) is 181 Å². The van der Waals surface area contributed by atoms with Gasteiger partial charge in [0.25, 0.3) is 0 Å². The van der Waals surface area contributed by atoms with E-state index in [0.717, 1.165) is 91.7 Å². The lowest BCUT2D eigenvalue weighted by atomic mass is 9.65. The molecular formula is C106H112Br2ClN11O13S12. The molecule has 0 N–H and O–H groups in total. The van der Waals surface area contributed by atoms with Gasteiger partial charge in [-0.15, -0.1) is 21.5 Å². The second-order valence-electron chi connectivity index (χ2n) is 30.7. The van der Waals surface area contributed by atoms with E-state index in [2.05, 4.69) is 272 Å². The summed E-state index contributed by atoms with van der Waals surface area (Å²) in [5.41, 5.74) is 14.0. The molecule has 0 bridgehead atoms. The third kappa shape index (κ3) is 43.5. The number of halogens is 3. The van der Waals surface area contributed by atoms with Crippen molar-refractivity contribution in [2.24, 2.45) is 0 Å². The number of hydrogen-bond acceptors (Lipinski definition) is 35. The van der Waals surface area contributed by atoms with Crippen LogP contribution in [0.4, 0.5) is 0 Å². The van der Waals surface area contributed by atoms with E-state index in [1.807, 2.05) is 111 Å². The zero-order chi connectivity index (χ0) is 105. The van der Waals surface area contributed by atoms with Gasteiger partial charge in [-0.1, -0.05) is 211 Å². The monoisotopic (exact) mass is 2320 g/mol. The van der Waals surface area contributed by atoms with Crippen molar-refractivity contribution >= 4 is 250 Å². The van der Waals surface area contributed by atoms with Crippen molar-refractivity contribution in [1.29, 1.82) is 10.5 Å². The molecule has 39 heteroatoms. The average molecular weight is 2330 g/mol. The summed E-state index contributed by atoms with van der Waals surface area (Å²) >= 11 is 52.5. The maximum atomic E-state index is 12.7. The number of methoxy groups -OCH3 is 2. The summed E-state index contributed by atoms with van der Waals surface area (Å²) in [5, 5.41) is 31.6. The lowest BCUT2D eigenvalue weighted by Crippen LogP contribution is -2.34. The molecule has 145 heavy (non-hydrogen) atoms. The van der Waals surface area contributed by atoms with Gasteiger partial charge in [-0.2, -0.15) is 134 Å². The second-order valence-corrected chi connectivity index (χ2v) is 39.7. The molecular weight excluding hydrogens is 2220 g/mol.